The van der Waals surface area contributed by atoms with Crippen LogP contribution in [0.3, 0.4) is 0 Å². The van der Waals surface area contributed by atoms with E-state index in [0.29, 0.717) is 41.3 Å². The molecule has 10 nitrogen and oxygen atoms in total. The highest BCUT2D eigenvalue weighted by Crippen LogP contribution is 2.29. The Morgan fingerprint density at radius 3 is 2.46 bits per heavy atom. The first kappa shape index (κ1) is 25.7. The van der Waals surface area contributed by atoms with Crippen LogP contribution < -0.4 is 16.2 Å². The maximum Gasteiger partial charge on any atom is 0.335 e. The number of nitrogens with zero attached hydrogens (tertiary/aromatic N) is 6. The first-order valence-electron chi connectivity index (χ1n) is 12.7. The van der Waals surface area contributed by atoms with Gasteiger partial charge in [0.15, 0.2) is 11.5 Å². The predicted molar refractivity (Wildman–Crippen MR) is 147 cm³/mol. The highest BCUT2D eigenvalue weighted by molar-refractivity contribution is 5.97. The molecule has 1 fully saturated rings. The van der Waals surface area contributed by atoms with Gasteiger partial charge in [0, 0.05) is 13.1 Å². The molecule has 2 aromatic carbocycles. The number of nitrogens with two attached hydrogens (primary N) is 1. The number of nitrogen functional groups attached to an aromatic ring is 1. The van der Waals surface area contributed by atoms with Crippen LogP contribution in [0, 0.1) is 16.7 Å². The van der Waals surface area contributed by atoms with E-state index < -0.39 is 0 Å². The Balaban J connectivity index is 1.49. The lowest BCUT2D eigenvalue weighted by atomic mass is 9.93. The van der Waals surface area contributed by atoms with Gasteiger partial charge in [0.25, 0.3) is 5.91 Å². The molecule has 2 aromatic heterocycles. The molecule has 0 bridgehead atoms. The molecular weight excluding hydrogens is 494 g/mol. The second-order valence-corrected chi connectivity index (χ2v) is 10.6. The van der Waals surface area contributed by atoms with Gasteiger partial charge >= 0.3 is 5.69 Å². The Hall–Kier alpha value is -4.91. The van der Waals surface area contributed by atoms with Crippen LogP contribution in [-0.4, -0.2) is 43.0 Å². The van der Waals surface area contributed by atoms with E-state index in [2.05, 4.69) is 9.97 Å². The van der Waals surface area contributed by atoms with Gasteiger partial charge in [-0.1, -0.05) is 45.0 Å². The van der Waals surface area contributed by atoms with E-state index in [-0.39, 0.29) is 41.0 Å². The van der Waals surface area contributed by atoms with Gasteiger partial charge in [0.05, 0.1) is 11.7 Å². The number of para-hydroxylation sites is 1. The molecule has 0 aliphatic carbocycles. The van der Waals surface area contributed by atoms with Crippen molar-refractivity contribution < 1.29 is 9.53 Å². The minimum Gasteiger partial charge on any atom is -0.457 e. The molecule has 10 heteroatoms. The number of ether oxygens (including phenoxy) is 1. The molecule has 1 atom stereocenters. The standard InChI is InChI=1S/C29H29N7O3/c1-29(2,3)15-19(16-30)27(37)34-14-13-21(17-34)36-26-24(25(31)32-18-33-26)35(28(36)38)20-9-11-23(12-10-20)39-22-7-5-4-6-8-22/h4-12,15,18,21H,13-14,17H2,1-3H3,(H2,31,32,33)/b19-15-/t21-/m1/s1. The van der Waals surface area contributed by atoms with Crippen molar-refractivity contribution in [1.29, 1.82) is 5.26 Å². The number of benzene rings is 2. The zero-order valence-corrected chi connectivity index (χ0v) is 22.0. The zero-order chi connectivity index (χ0) is 27.7. The molecule has 0 spiro atoms. The topological polar surface area (TPSA) is 132 Å². The van der Waals surface area contributed by atoms with Gasteiger partial charge in [-0.05, 0) is 48.2 Å². The molecule has 1 aliphatic rings. The summed E-state index contributed by atoms with van der Waals surface area (Å²) in [5.41, 5.74) is 7.06. The number of aromatic nitrogens is 4. The summed E-state index contributed by atoms with van der Waals surface area (Å²) >= 11 is 0. The quantitative estimate of drug-likeness (QED) is 0.306. The van der Waals surface area contributed by atoms with Crippen molar-refractivity contribution in [3.63, 3.8) is 0 Å². The van der Waals surface area contributed by atoms with Crippen LogP contribution in [0.15, 0.2) is 77.4 Å². The molecule has 39 heavy (non-hydrogen) atoms. The second-order valence-electron chi connectivity index (χ2n) is 10.6. The summed E-state index contributed by atoms with van der Waals surface area (Å²) in [5, 5.41) is 9.59. The molecular formula is C29H29N7O3. The minimum absolute atomic E-state index is 0.0994. The second kappa shape index (κ2) is 10.1. The summed E-state index contributed by atoms with van der Waals surface area (Å²) in [6.07, 6.45) is 3.54. The van der Waals surface area contributed by atoms with Crippen molar-refractivity contribution in [2.24, 2.45) is 5.41 Å². The highest BCUT2D eigenvalue weighted by Gasteiger charge is 2.33. The third-order valence-electron chi connectivity index (χ3n) is 6.50. The Morgan fingerprint density at radius 2 is 1.79 bits per heavy atom. The molecule has 0 saturated carbocycles. The van der Waals surface area contributed by atoms with Gasteiger partial charge in [-0.2, -0.15) is 5.26 Å². The van der Waals surface area contributed by atoms with Crippen molar-refractivity contribution in [1.82, 2.24) is 24.0 Å². The largest absolute Gasteiger partial charge is 0.457 e. The summed E-state index contributed by atoms with van der Waals surface area (Å²) in [5.74, 6) is 1.16. The number of carbonyl (C=O) groups excluding carboxylic acids is 1. The number of rotatable bonds is 5. The molecule has 198 valence electrons. The van der Waals surface area contributed by atoms with E-state index in [1.807, 2.05) is 57.2 Å². The van der Waals surface area contributed by atoms with Gasteiger partial charge in [-0.25, -0.2) is 14.8 Å². The smallest absolute Gasteiger partial charge is 0.335 e. The van der Waals surface area contributed by atoms with E-state index in [1.165, 1.54) is 10.9 Å². The van der Waals surface area contributed by atoms with E-state index in [1.54, 1.807) is 39.8 Å². The molecule has 3 heterocycles. The van der Waals surface area contributed by atoms with E-state index in [9.17, 15) is 14.9 Å². The van der Waals surface area contributed by atoms with Crippen LogP contribution >= 0.6 is 0 Å². The Kier molecular flexibility index (Phi) is 6.66. The molecule has 1 aliphatic heterocycles. The minimum atomic E-state index is -0.338. The van der Waals surface area contributed by atoms with Crippen LogP contribution in [0.5, 0.6) is 11.5 Å². The van der Waals surface area contributed by atoms with Gasteiger partial charge in [0.2, 0.25) is 0 Å². The first-order chi connectivity index (χ1) is 18.7. The number of anilines is 1. The number of likely N-dealkylation sites (tertiary alicyclic amines) is 1. The fraction of sp³-hybridized carbons (Fsp3) is 0.276. The maximum absolute atomic E-state index is 13.9. The fourth-order valence-corrected chi connectivity index (χ4v) is 4.81. The summed E-state index contributed by atoms with van der Waals surface area (Å²) in [6, 6.07) is 18.2. The van der Waals surface area contributed by atoms with Crippen molar-refractivity contribution in [3.8, 4) is 23.3 Å². The lowest BCUT2D eigenvalue weighted by Crippen LogP contribution is -2.33. The van der Waals surface area contributed by atoms with Crippen molar-refractivity contribution >= 4 is 22.9 Å². The third kappa shape index (κ3) is 5.11. The number of imidazole rings is 1. The van der Waals surface area contributed by atoms with Gasteiger partial charge < -0.3 is 15.4 Å². The SMILES string of the molecule is CC(C)(C)/C=C(/C#N)C(=O)N1CC[C@@H](n2c(=O)n(-c3ccc(Oc4ccccc4)cc3)c3c(N)ncnc32)C1. The van der Waals surface area contributed by atoms with E-state index in [4.69, 9.17) is 10.5 Å². The van der Waals surface area contributed by atoms with Crippen LogP contribution in [-0.2, 0) is 4.79 Å². The van der Waals surface area contributed by atoms with Gasteiger partial charge in [-0.15, -0.1) is 0 Å². The summed E-state index contributed by atoms with van der Waals surface area (Å²) in [6.45, 7) is 6.49. The fourth-order valence-electron chi connectivity index (χ4n) is 4.81. The lowest BCUT2D eigenvalue weighted by molar-refractivity contribution is -0.125. The van der Waals surface area contributed by atoms with Crippen molar-refractivity contribution in [2.45, 2.75) is 33.2 Å². The molecule has 5 rings (SSSR count). The van der Waals surface area contributed by atoms with Crippen LogP contribution in [0.1, 0.15) is 33.2 Å². The number of amides is 1. The molecule has 1 saturated heterocycles. The van der Waals surface area contributed by atoms with E-state index in [0.717, 1.165) is 0 Å². The van der Waals surface area contributed by atoms with E-state index >= 15 is 0 Å². The number of nitriles is 1. The monoisotopic (exact) mass is 523 g/mol. The number of hydrogen-bond acceptors (Lipinski definition) is 7. The Morgan fingerprint density at radius 1 is 1.10 bits per heavy atom. The average molecular weight is 524 g/mol. The normalized spacial score (nSPS) is 15.9. The Labute approximate surface area is 225 Å². The van der Waals surface area contributed by atoms with Crippen LogP contribution in [0.4, 0.5) is 5.82 Å². The molecule has 1 amide bonds. The summed E-state index contributed by atoms with van der Waals surface area (Å²) < 4.78 is 8.95. The maximum atomic E-state index is 13.9. The summed E-state index contributed by atoms with van der Waals surface area (Å²) in [7, 11) is 0. The molecule has 0 radical (unpaired) electrons. The zero-order valence-electron chi connectivity index (χ0n) is 22.0. The molecule has 0 unspecified atom stereocenters. The number of allylic oxidation sites excluding steroid dienone is 1. The number of fused-ring (bicyclic) bond motifs is 1. The van der Waals surface area contributed by atoms with Crippen molar-refractivity contribution in [2.75, 3.05) is 18.8 Å². The predicted octanol–water partition coefficient (Wildman–Crippen LogP) is 4.23. The number of carbonyl (C=O) groups is 1. The summed E-state index contributed by atoms with van der Waals surface area (Å²) in [4.78, 5) is 37.1. The van der Waals surface area contributed by atoms with Crippen molar-refractivity contribution in [3.05, 3.63) is 83.1 Å². The van der Waals surface area contributed by atoms with Crippen LogP contribution in [0.25, 0.3) is 16.9 Å². The first-order valence-corrected chi connectivity index (χ1v) is 12.7. The highest BCUT2D eigenvalue weighted by atomic mass is 16.5. The average Bonchev–Trinajstić information content (AvgIpc) is 3.50. The lowest BCUT2D eigenvalue weighted by Gasteiger charge is -2.18. The Bertz CT molecular complexity index is 1660. The van der Waals surface area contributed by atoms with Crippen LogP contribution in [0.2, 0.25) is 0 Å². The molecule has 4 aromatic rings. The third-order valence-corrected chi connectivity index (χ3v) is 6.50. The van der Waals surface area contributed by atoms with Gasteiger partial charge in [-0.3, -0.25) is 13.9 Å². The van der Waals surface area contributed by atoms with Gasteiger partial charge in [0.1, 0.15) is 35.0 Å². The molecule has 2 N–H and O–H groups in total. The number of hydrogen-bond donors (Lipinski definition) is 1.